The van der Waals surface area contributed by atoms with E-state index in [1.807, 2.05) is 11.1 Å². The largest absolute Gasteiger partial charge is 0.338 e. The van der Waals surface area contributed by atoms with Crippen molar-refractivity contribution < 1.29 is 14.4 Å². The van der Waals surface area contributed by atoms with Gasteiger partial charge in [0.15, 0.2) is 5.82 Å². The maximum atomic E-state index is 13.0. The van der Waals surface area contributed by atoms with Crippen LogP contribution in [-0.2, 0) is 27.3 Å². The second-order valence-corrected chi connectivity index (χ2v) is 8.26. The Labute approximate surface area is 171 Å². The van der Waals surface area contributed by atoms with Crippen molar-refractivity contribution in [1.82, 2.24) is 24.7 Å². The van der Waals surface area contributed by atoms with Crippen LogP contribution in [0.5, 0.6) is 0 Å². The fourth-order valence-corrected chi connectivity index (χ4v) is 4.55. The van der Waals surface area contributed by atoms with Gasteiger partial charge in [0.05, 0.1) is 18.3 Å². The SMILES string of the molecule is CC(=O)N1CCc2nc([C@H]3CCCN3C(=O)CN3CCCCCC3=O)ncc2C1. The molecule has 3 aliphatic heterocycles. The Morgan fingerprint density at radius 3 is 2.79 bits per heavy atom. The van der Waals surface area contributed by atoms with Crippen LogP contribution in [0.3, 0.4) is 0 Å². The summed E-state index contributed by atoms with van der Waals surface area (Å²) in [4.78, 5) is 51.6. The average Bonchev–Trinajstić information content (AvgIpc) is 3.13. The quantitative estimate of drug-likeness (QED) is 0.768. The summed E-state index contributed by atoms with van der Waals surface area (Å²) in [6.45, 7) is 4.32. The van der Waals surface area contributed by atoms with Crippen LogP contribution in [0.15, 0.2) is 6.20 Å². The van der Waals surface area contributed by atoms with Gasteiger partial charge in [-0.05, 0) is 25.7 Å². The number of likely N-dealkylation sites (tertiary alicyclic amines) is 2. The zero-order chi connectivity index (χ0) is 20.4. The molecule has 0 aromatic carbocycles. The number of nitrogens with zero attached hydrogens (tertiary/aromatic N) is 5. The molecule has 0 aliphatic carbocycles. The van der Waals surface area contributed by atoms with Crippen LogP contribution in [0.4, 0.5) is 0 Å². The van der Waals surface area contributed by atoms with Gasteiger partial charge in [0.1, 0.15) is 0 Å². The van der Waals surface area contributed by atoms with Gasteiger partial charge < -0.3 is 14.7 Å². The molecule has 0 saturated carbocycles. The Morgan fingerprint density at radius 1 is 1.10 bits per heavy atom. The summed E-state index contributed by atoms with van der Waals surface area (Å²) < 4.78 is 0. The molecule has 0 radical (unpaired) electrons. The predicted molar refractivity (Wildman–Crippen MR) is 106 cm³/mol. The van der Waals surface area contributed by atoms with Crippen molar-refractivity contribution in [3.05, 3.63) is 23.3 Å². The summed E-state index contributed by atoms with van der Waals surface area (Å²) in [6.07, 6.45) is 7.77. The van der Waals surface area contributed by atoms with Crippen LogP contribution >= 0.6 is 0 Å². The number of carbonyl (C=O) groups is 3. The molecular weight excluding hydrogens is 370 g/mol. The first-order chi connectivity index (χ1) is 14.0. The minimum atomic E-state index is -0.124. The molecule has 0 bridgehead atoms. The zero-order valence-corrected chi connectivity index (χ0v) is 17.1. The van der Waals surface area contributed by atoms with E-state index < -0.39 is 0 Å². The standard InChI is InChI=1S/C21H29N5O3/c1-15(27)24-11-8-17-16(13-24)12-22-21(23-17)18-6-5-10-26(18)20(29)14-25-9-4-2-3-7-19(25)28/h12,18H,2-11,13-14H2,1H3/t18-/m1/s1. The minimum Gasteiger partial charge on any atom is -0.338 e. The van der Waals surface area contributed by atoms with Gasteiger partial charge in [-0.2, -0.15) is 0 Å². The Bertz CT molecular complexity index is 812. The van der Waals surface area contributed by atoms with Crippen molar-refractivity contribution in [2.45, 2.75) is 64.5 Å². The van der Waals surface area contributed by atoms with Crippen LogP contribution in [-0.4, -0.2) is 68.6 Å². The Morgan fingerprint density at radius 2 is 1.97 bits per heavy atom. The van der Waals surface area contributed by atoms with Gasteiger partial charge in [0.25, 0.3) is 0 Å². The van der Waals surface area contributed by atoms with Crippen LogP contribution in [0.2, 0.25) is 0 Å². The second kappa shape index (κ2) is 8.47. The molecule has 2 saturated heterocycles. The number of amides is 3. The lowest BCUT2D eigenvalue weighted by Crippen LogP contribution is -2.43. The molecule has 8 nitrogen and oxygen atoms in total. The van der Waals surface area contributed by atoms with Gasteiger partial charge in [-0.25, -0.2) is 9.97 Å². The van der Waals surface area contributed by atoms with Crippen LogP contribution in [0.25, 0.3) is 0 Å². The van der Waals surface area contributed by atoms with Gasteiger partial charge >= 0.3 is 0 Å². The molecule has 0 N–H and O–H groups in total. The first-order valence-corrected chi connectivity index (χ1v) is 10.7. The summed E-state index contributed by atoms with van der Waals surface area (Å²) in [5, 5.41) is 0. The van der Waals surface area contributed by atoms with Gasteiger partial charge in [-0.1, -0.05) is 6.42 Å². The first kappa shape index (κ1) is 19.8. The summed E-state index contributed by atoms with van der Waals surface area (Å²) >= 11 is 0. The monoisotopic (exact) mass is 399 g/mol. The molecule has 3 amide bonds. The van der Waals surface area contributed by atoms with Gasteiger partial charge in [0.2, 0.25) is 17.7 Å². The van der Waals surface area contributed by atoms with Gasteiger partial charge in [-0.3, -0.25) is 14.4 Å². The Kier molecular flexibility index (Phi) is 5.78. The van der Waals surface area contributed by atoms with Crippen LogP contribution in [0.1, 0.15) is 68.6 Å². The number of fused-ring (bicyclic) bond motifs is 1. The zero-order valence-electron chi connectivity index (χ0n) is 17.1. The summed E-state index contributed by atoms with van der Waals surface area (Å²) in [7, 11) is 0. The molecule has 0 unspecified atom stereocenters. The molecule has 4 heterocycles. The summed E-state index contributed by atoms with van der Waals surface area (Å²) in [6, 6.07) is -0.124. The van der Waals surface area contributed by atoms with E-state index in [1.165, 1.54) is 0 Å². The highest BCUT2D eigenvalue weighted by atomic mass is 16.2. The van der Waals surface area contributed by atoms with Crippen molar-refractivity contribution in [2.75, 3.05) is 26.2 Å². The maximum Gasteiger partial charge on any atom is 0.242 e. The molecule has 0 spiro atoms. The van der Waals surface area contributed by atoms with E-state index >= 15 is 0 Å². The van der Waals surface area contributed by atoms with Crippen molar-refractivity contribution in [1.29, 1.82) is 0 Å². The third kappa shape index (κ3) is 4.26. The minimum absolute atomic E-state index is 0.00757. The lowest BCUT2D eigenvalue weighted by molar-refractivity contribution is -0.140. The van der Waals surface area contributed by atoms with Crippen LogP contribution < -0.4 is 0 Å². The van der Waals surface area contributed by atoms with Gasteiger partial charge in [0, 0.05) is 57.7 Å². The fourth-order valence-electron chi connectivity index (χ4n) is 4.55. The second-order valence-electron chi connectivity index (χ2n) is 8.26. The van der Waals surface area contributed by atoms with Crippen molar-refractivity contribution in [3.8, 4) is 0 Å². The van der Waals surface area contributed by atoms with E-state index in [-0.39, 0.29) is 30.3 Å². The predicted octanol–water partition coefficient (Wildman–Crippen LogP) is 1.45. The van der Waals surface area contributed by atoms with Crippen molar-refractivity contribution in [3.63, 3.8) is 0 Å². The molecule has 29 heavy (non-hydrogen) atoms. The highest BCUT2D eigenvalue weighted by molar-refractivity contribution is 5.85. The van der Waals surface area contributed by atoms with E-state index in [9.17, 15) is 14.4 Å². The molecule has 4 rings (SSSR count). The number of rotatable bonds is 3. The molecule has 1 aromatic heterocycles. The molecule has 1 atom stereocenters. The number of hydrogen-bond acceptors (Lipinski definition) is 5. The smallest absolute Gasteiger partial charge is 0.242 e. The molecule has 1 aromatic rings. The van der Waals surface area contributed by atoms with Crippen LogP contribution in [0, 0.1) is 0 Å². The van der Waals surface area contributed by atoms with E-state index in [4.69, 9.17) is 4.98 Å². The van der Waals surface area contributed by atoms with E-state index in [0.717, 1.165) is 43.4 Å². The summed E-state index contributed by atoms with van der Waals surface area (Å²) in [5.74, 6) is 0.835. The third-order valence-corrected chi connectivity index (χ3v) is 6.27. The Balaban J connectivity index is 1.46. The number of hydrogen-bond donors (Lipinski definition) is 0. The molecule has 2 fully saturated rings. The molecule has 156 valence electrons. The fraction of sp³-hybridized carbons (Fsp3) is 0.667. The highest BCUT2D eigenvalue weighted by Gasteiger charge is 2.34. The average molecular weight is 399 g/mol. The topological polar surface area (TPSA) is 86.7 Å². The van der Waals surface area contributed by atoms with E-state index in [2.05, 4.69) is 4.98 Å². The third-order valence-electron chi connectivity index (χ3n) is 6.27. The lowest BCUT2D eigenvalue weighted by atomic mass is 10.1. The highest BCUT2D eigenvalue weighted by Crippen LogP contribution is 2.31. The van der Waals surface area contributed by atoms with Crippen molar-refractivity contribution in [2.24, 2.45) is 0 Å². The van der Waals surface area contributed by atoms with E-state index in [1.54, 1.807) is 16.7 Å². The number of aromatic nitrogens is 2. The molecule has 8 heteroatoms. The maximum absolute atomic E-state index is 13.0. The summed E-state index contributed by atoms with van der Waals surface area (Å²) in [5.41, 5.74) is 1.97. The first-order valence-electron chi connectivity index (χ1n) is 10.7. The Hall–Kier alpha value is -2.51. The number of carbonyl (C=O) groups excluding carboxylic acids is 3. The van der Waals surface area contributed by atoms with Gasteiger partial charge in [-0.15, -0.1) is 0 Å². The van der Waals surface area contributed by atoms with Crippen molar-refractivity contribution >= 4 is 17.7 Å². The normalized spacial score (nSPS) is 22.4. The lowest BCUT2D eigenvalue weighted by Gasteiger charge is -2.29. The van der Waals surface area contributed by atoms with E-state index in [0.29, 0.717) is 44.8 Å². The molecular formula is C21H29N5O3. The molecule has 3 aliphatic rings.